The van der Waals surface area contributed by atoms with Gasteiger partial charge in [-0.2, -0.15) is 0 Å². The number of rotatable bonds is 24. The molecule has 1 aliphatic heterocycles. The van der Waals surface area contributed by atoms with Crippen molar-refractivity contribution in [3.63, 3.8) is 0 Å². The number of urea groups is 1. The van der Waals surface area contributed by atoms with E-state index in [0.717, 1.165) is 10.5 Å². The van der Waals surface area contributed by atoms with Gasteiger partial charge >= 0.3 is 12.0 Å². The van der Waals surface area contributed by atoms with Crippen LogP contribution in [0.15, 0.2) is 36.4 Å². The fraction of sp³-hybridized carbons (Fsp3) is 0.545. The standard InChI is InChI=1S/C33H48N6O11/c1-22(2)30(38-27(41)12-15-47-17-19-49-20-18-48-16-14-39-28(42)10-11-29(39)43)32(45)37-26(5-4-13-35-33(34)46)31(44)36-25-8-6-24(7-9-25)21-50-23(3)40/h6-11,22,26,30H,4-5,12-21H2,1-3H3,(H,36,44)(H,37,45)(H,38,41)(H3,34,35,46)/t26-,30-/m0/s1. The van der Waals surface area contributed by atoms with Gasteiger partial charge in [-0.05, 0) is 36.5 Å². The number of nitrogens with one attached hydrogen (secondary N) is 4. The van der Waals surface area contributed by atoms with Crippen molar-refractivity contribution in [2.75, 3.05) is 58.0 Å². The van der Waals surface area contributed by atoms with E-state index in [1.807, 2.05) is 0 Å². The first-order valence-corrected chi connectivity index (χ1v) is 16.3. The molecule has 0 bridgehead atoms. The third-order valence-corrected chi connectivity index (χ3v) is 7.11. The van der Waals surface area contributed by atoms with Gasteiger partial charge in [-0.3, -0.25) is 33.7 Å². The summed E-state index contributed by atoms with van der Waals surface area (Å²) in [5, 5.41) is 10.6. The van der Waals surface area contributed by atoms with Gasteiger partial charge in [0.2, 0.25) is 17.7 Å². The van der Waals surface area contributed by atoms with Crippen molar-refractivity contribution in [2.45, 2.75) is 58.7 Å². The topological polar surface area (TPSA) is 234 Å². The zero-order valence-corrected chi connectivity index (χ0v) is 28.7. The first kappa shape index (κ1) is 41.3. The number of benzene rings is 1. The molecule has 1 aromatic rings. The Kier molecular flexibility index (Phi) is 18.8. The van der Waals surface area contributed by atoms with Crippen molar-refractivity contribution in [1.29, 1.82) is 0 Å². The summed E-state index contributed by atoms with van der Waals surface area (Å²) in [5.74, 6) is -2.93. The van der Waals surface area contributed by atoms with E-state index in [4.69, 9.17) is 24.7 Å². The van der Waals surface area contributed by atoms with Crippen LogP contribution in [0.2, 0.25) is 0 Å². The number of hydrogen-bond acceptors (Lipinski definition) is 11. The van der Waals surface area contributed by atoms with Crippen LogP contribution in [0.5, 0.6) is 0 Å². The average molecular weight is 705 g/mol. The summed E-state index contributed by atoms with van der Waals surface area (Å²) in [6, 6.07) is 3.99. The first-order valence-electron chi connectivity index (χ1n) is 16.3. The number of nitrogens with zero attached hydrogens (tertiary/aromatic N) is 1. The third-order valence-electron chi connectivity index (χ3n) is 7.11. The Balaban J connectivity index is 1.75. The van der Waals surface area contributed by atoms with E-state index in [1.54, 1.807) is 38.1 Å². The van der Waals surface area contributed by atoms with Crippen LogP contribution in [0.4, 0.5) is 10.5 Å². The molecule has 0 unspecified atom stereocenters. The number of imide groups is 1. The lowest BCUT2D eigenvalue weighted by molar-refractivity contribution is -0.142. The molecule has 1 heterocycles. The molecule has 1 aliphatic rings. The maximum atomic E-state index is 13.3. The summed E-state index contributed by atoms with van der Waals surface area (Å²) in [7, 11) is 0. The number of hydrogen-bond donors (Lipinski definition) is 5. The van der Waals surface area contributed by atoms with Gasteiger partial charge in [0, 0.05) is 37.7 Å². The van der Waals surface area contributed by atoms with Gasteiger partial charge in [-0.25, -0.2) is 4.79 Å². The molecule has 0 saturated carbocycles. The van der Waals surface area contributed by atoms with Crippen LogP contribution in [-0.2, 0) is 54.3 Å². The SMILES string of the molecule is CC(=O)OCc1ccc(NC(=O)[C@H](CCCNC(N)=O)NC(=O)[C@@H](NC(=O)CCOCCOCCOCCN2C(=O)C=CC2=O)C(C)C)cc1. The normalized spacial score (nSPS) is 13.6. The number of esters is 1. The van der Waals surface area contributed by atoms with E-state index in [1.165, 1.54) is 19.1 Å². The predicted octanol–water partition coefficient (Wildman–Crippen LogP) is 0.127. The fourth-order valence-electron chi connectivity index (χ4n) is 4.44. The highest BCUT2D eigenvalue weighted by molar-refractivity contribution is 6.12. The third kappa shape index (κ3) is 16.5. The van der Waals surface area contributed by atoms with Gasteiger partial charge in [0.15, 0.2) is 0 Å². The molecule has 0 saturated heterocycles. The molecule has 0 aromatic heterocycles. The molecule has 2 atom stereocenters. The van der Waals surface area contributed by atoms with Crippen LogP contribution >= 0.6 is 0 Å². The van der Waals surface area contributed by atoms with Crippen LogP contribution in [0.25, 0.3) is 0 Å². The molecule has 276 valence electrons. The molecule has 17 heteroatoms. The zero-order valence-electron chi connectivity index (χ0n) is 28.7. The van der Waals surface area contributed by atoms with Gasteiger partial charge in [0.05, 0.1) is 46.2 Å². The maximum Gasteiger partial charge on any atom is 0.312 e. The molecule has 6 N–H and O–H groups in total. The second-order valence-corrected chi connectivity index (χ2v) is 11.5. The Labute approximate surface area is 290 Å². The lowest BCUT2D eigenvalue weighted by Crippen LogP contribution is -2.54. The molecule has 0 aliphatic carbocycles. The highest BCUT2D eigenvalue weighted by Gasteiger charge is 2.29. The van der Waals surface area contributed by atoms with E-state index in [-0.39, 0.29) is 89.9 Å². The van der Waals surface area contributed by atoms with Gasteiger partial charge in [-0.1, -0.05) is 26.0 Å². The van der Waals surface area contributed by atoms with E-state index >= 15 is 0 Å². The molecule has 50 heavy (non-hydrogen) atoms. The van der Waals surface area contributed by atoms with Gasteiger partial charge in [-0.15, -0.1) is 0 Å². The van der Waals surface area contributed by atoms with E-state index in [0.29, 0.717) is 12.1 Å². The Morgan fingerprint density at radius 1 is 0.820 bits per heavy atom. The average Bonchev–Trinajstić information content (AvgIpc) is 3.39. The van der Waals surface area contributed by atoms with E-state index in [2.05, 4.69) is 21.3 Å². The van der Waals surface area contributed by atoms with Crippen molar-refractivity contribution >= 4 is 47.2 Å². The second kappa shape index (κ2) is 22.7. The predicted molar refractivity (Wildman–Crippen MR) is 179 cm³/mol. The molecular weight excluding hydrogens is 656 g/mol. The minimum absolute atomic E-state index is 0.0153. The molecule has 0 radical (unpaired) electrons. The molecule has 1 aromatic carbocycles. The Morgan fingerprint density at radius 2 is 1.42 bits per heavy atom. The largest absolute Gasteiger partial charge is 0.461 e. The number of anilines is 1. The molecule has 0 spiro atoms. The summed E-state index contributed by atoms with van der Waals surface area (Å²) < 4.78 is 21.2. The lowest BCUT2D eigenvalue weighted by Gasteiger charge is -2.25. The molecule has 7 amide bonds. The van der Waals surface area contributed by atoms with Crippen LogP contribution < -0.4 is 27.0 Å². The number of primary amides is 1. The number of ether oxygens (including phenoxy) is 4. The van der Waals surface area contributed by atoms with Crippen LogP contribution in [-0.4, -0.2) is 111 Å². The monoisotopic (exact) mass is 704 g/mol. The summed E-state index contributed by atoms with van der Waals surface area (Å²) in [6.45, 7) is 6.57. The van der Waals surface area contributed by atoms with Crippen molar-refractivity contribution in [2.24, 2.45) is 11.7 Å². The highest BCUT2D eigenvalue weighted by atomic mass is 16.5. The zero-order chi connectivity index (χ0) is 36.9. The quantitative estimate of drug-likeness (QED) is 0.0551. The Morgan fingerprint density at radius 3 is 2.00 bits per heavy atom. The van der Waals surface area contributed by atoms with Crippen molar-refractivity contribution in [3.8, 4) is 0 Å². The fourth-order valence-corrected chi connectivity index (χ4v) is 4.44. The van der Waals surface area contributed by atoms with Crippen molar-refractivity contribution in [1.82, 2.24) is 20.9 Å². The number of amides is 7. The van der Waals surface area contributed by atoms with E-state index < -0.39 is 41.8 Å². The number of nitrogens with two attached hydrogens (primary N) is 1. The summed E-state index contributed by atoms with van der Waals surface area (Å²) in [6.07, 6.45) is 2.91. The van der Waals surface area contributed by atoms with Gasteiger partial charge in [0.1, 0.15) is 18.7 Å². The lowest BCUT2D eigenvalue weighted by atomic mass is 10.0. The van der Waals surface area contributed by atoms with Crippen LogP contribution in [0.3, 0.4) is 0 Å². The minimum Gasteiger partial charge on any atom is -0.461 e. The van der Waals surface area contributed by atoms with Crippen LogP contribution in [0.1, 0.15) is 45.6 Å². The van der Waals surface area contributed by atoms with Crippen LogP contribution in [0, 0.1) is 5.92 Å². The first-order chi connectivity index (χ1) is 23.9. The van der Waals surface area contributed by atoms with Crippen molar-refractivity contribution < 1.29 is 52.5 Å². The highest BCUT2D eigenvalue weighted by Crippen LogP contribution is 2.13. The minimum atomic E-state index is -0.999. The molecule has 17 nitrogen and oxygen atoms in total. The molecular formula is C33H48N6O11. The second-order valence-electron chi connectivity index (χ2n) is 11.5. The molecule has 2 rings (SSSR count). The van der Waals surface area contributed by atoms with Gasteiger partial charge < -0.3 is 45.9 Å². The van der Waals surface area contributed by atoms with Crippen molar-refractivity contribution in [3.05, 3.63) is 42.0 Å². The Bertz CT molecular complexity index is 1320. The Hall–Kier alpha value is -4.87. The van der Waals surface area contributed by atoms with Gasteiger partial charge in [0.25, 0.3) is 11.8 Å². The summed E-state index contributed by atoms with van der Waals surface area (Å²) in [5.41, 5.74) is 6.30. The smallest absolute Gasteiger partial charge is 0.312 e. The number of carbonyl (C=O) groups is 7. The van der Waals surface area contributed by atoms with E-state index in [9.17, 15) is 33.6 Å². The summed E-state index contributed by atoms with van der Waals surface area (Å²) >= 11 is 0. The maximum absolute atomic E-state index is 13.3. The number of carbonyl (C=O) groups excluding carboxylic acids is 7. The molecule has 0 fully saturated rings. The summed E-state index contributed by atoms with van der Waals surface area (Å²) in [4.78, 5) is 85.3.